The lowest BCUT2D eigenvalue weighted by Gasteiger charge is -2.27. The van der Waals surface area contributed by atoms with Crippen molar-refractivity contribution < 1.29 is 9.50 Å². The van der Waals surface area contributed by atoms with Crippen LogP contribution >= 0.6 is 0 Å². The van der Waals surface area contributed by atoms with Crippen LogP contribution in [-0.4, -0.2) is 49.4 Å². The first-order chi connectivity index (χ1) is 11.7. The number of halogens is 1. The first kappa shape index (κ1) is 18.4. The van der Waals surface area contributed by atoms with Gasteiger partial charge in [0.05, 0.1) is 12.3 Å². The summed E-state index contributed by atoms with van der Waals surface area (Å²) in [6.45, 7) is 4.89. The number of hydrogen-bond donors (Lipinski definition) is 1. The molecule has 0 radical (unpaired) electrons. The molecule has 1 N–H and O–H groups in total. The van der Waals surface area contributed by atoms with Gasteiger partial charge in [0.1, 0.15) is 0 Å². The first-order valence-electron chi connectivity index (χ1n) is 8.33. The van der Waals surface area contributed by atoms with Crippen LogP contribution in [0.1, 0.15) is 18.9 Å². The summed E-state index contributed by atoms with van der Waals surface area (Å²) in [5, 5.41) is 9.23. The number of hydrogen-bond acceptors (Lipinski definition) is 4. The van der Waals surface area contributed by atoms with Gasteiger partial charge in [0.2, 0.25) is 0 Å². The third-order valence-corrected chi connectivity index (χ3v) is 4.14. The minimum Gasteiger partial charge on any atom is -0.392 e. The van der Waals surface area contributed by atoms with Gasteiger partial charge in [0.15, 0.2) is 5.82 Å². The number of aliphatic hydroxyl groups excluding tert-OH is 1. The summed E-state index contributed by atoms with van der Waals surface area (Å²) in [6, 6.07) is 5.18. The Morgan fingerprint density at radius 1 is 1.29 bits per heavy atom. The summed E-state index contributed by atoms with van der Waals surface area (Å²) in [4.78, 5) is 8.37. The lowest BCUT2D eigenvalue weighted by Crippen LogP contribution is -2.34. The van der Waals surface area contributed by atoms with Crippen molar-refractivity contribution >= 4 is 11.9 Å². The van der Waals surface area contributed by atoms with E-state index in [4.69, 9.17) is 0 Å². The predicted octanol–water partition coefficient (Wildman–Crippen LogP) is 2.99. The Bertz CT molecular complexity index is 625. The highest BCUT2D eigenvalue weighted by Gasteiger charge is 2.14. The Morgan fingerprint density at radius 3 is 2.88 bits per heavy atom. The number of aliphatic hydroxyl groups is 1. The van der Waals surface area contributed by atoms with Crippen molar-refractivity contribution in [2.75, 3.05) is 38.1 Å². The van der Waals surface area contributed by atoms with E-state index in [0.717, 1.165) is 32.6 Å². The molecule has 0 fully saturated rings. The van der Waals surface area contributed by atoms with Crippen molar-refractivity contribution in [1.29, 1.82) is 0 Å². The van der Waals surface area contributed by atoms with Crippen molar-refractivity contribution in [2.45, 2.75) is 20.0 Å². The highest BCUT2D eigenvalue weighted by molar-refractivity contribution is 5.63. The second-order valence-corrected chi connectivity index (χ2v) is 5.93. The monoisotopic (exact) mass is 331 g/mol. The quantitative estimate of drug-likeness (QED) is 0.796. The van der Waals surface area contributed by atoms with Crippen LogP contribution in [0.25, 0.3) is 0 Å². The second-order valence-electron chi connectivity index (χ2n) is 5.93. The van der Waals surface area contributed by atoms with Crippen LogP contribution in [0.4, 0.5) is 10.1 Å². The number of aliphatic imine (C=N–C) groups is 1. The molecule has 1 aromatic carbocycles. The Kier molecular flexibility index (Phi) is 7.15. The standard InChI is InChI=1S/C19H26FN3O/c1-3-23(18-8-4-7-17(15-24)19(18)20)13-12-22(2)14-16-6-5-10-21-11-9-16/h4-8,10-11,24H,3,9,12-15H2,1-2H3. The number of likely N-dealkylation sites (N-methyl/N-ethyl adjacent to an activating group) is 2. The lowest BCUT2D eigenvalue weighted by atomic mass is 10.1. The summed E-state index contributed by atoms with van der Waals surface area (Å²) in [5.41, 5.74) is 2.21. The fourth-order valence-corrected chi connectivity index (χ4v) is 2.74. The normalized spacial score (nSPS) is 14.0. The van der Waals surface area contributed by atoms with Crippen LogP contribution in [0.15, 0.2) is 47.1 Å². The Hall–Kier alpha value is -1.98. The SMILES string of the molecule is CCN(CCN(C)CC1=CC=CN=CC1)c1cccc(CO)c1F. The van der Waals surface area contributed by atoms with Crippen LogP contribution in [0, 0.1) is 5.82 Å². The van der Waals surface area contributed by atoms with Crippen LogP contribution in [0.3, 0.4) is 0 Å². The second kappa shape index (κ2) is 9.35. The molecule has 0 saturated heterocycles. The molecule has 0 amide bonds. The fourth-order valence-electron chi connectivity index (χ4n) is 2.74. The molecule has 0 aliphatic carbocycles. The van der Waals surface area contributed by atoms with E-state index in [1.54, 1.807) is 24.4 Å². The summed E-state index contributed by atoms with van der Waals surface area (Å²) in [6.07, 6.45) is 8.63. The van der Waals surface area contributed by atoms with Gasteiger partial charge in [-0.2, -0.15) is 0 Å². The van der Waals surface area contributed by atoms with Gasteiger partial charge in [-0.1, -0.05) is 23.8 Å². The summed E-state index contributed by atoms with van der Waals surface area (Å²) in [7, 11) is 2.07. The van der Waals surface area contributed by atoms with Crippen LogP contribution in [-0.2, 0) is 6.61 Å². The molecule has 4 nitrogen and oxygen atoms in total. The van der Waals surface area contributed by atoms with Crippen LogP contribution in [0.2, 0.25) is 0 Å². The van der Waals surface area contributed by atoms with Gasteiger partial charge in [0.25, 0.3) is 0 Å². The number of allylic oxidation sites excluding steroid dienone is 2. The van der Waals surface area contributed by atoms with Gasteiger partial charge in [-0.15, -0.1) is 0 Å². The highest BCUT2D eigenvalue weighted by Crippen LogP contribution is 2.22. The zero-order chi connectivity index (χ0) is 17.4. The Labute approximate surface area is 143 Å². The molecule has 0 spiro atoms. The lowest BCUT2D eigenvalue weighted by molar-refractivity contribution is 0.275. The van der Waals surface area contributed by atoms with Crippen molar-refractivity contribution in [1.82, 2.24) is 4.90 Å². The molecule has 5 heteroatoms. The molecule has 0 aromatic heterocycles. The number of nitrogens with zero attached hydrogens (tertiary/aromatic N) is 3. The van der Waals surface area contributed by atoms with E-state index in [9.17, 15) is 9.50 Å². The fraction of sp³-hybridized carbons (Fsp3) is 0.421. The molecule has 24 heavy (non-hydrogen) atoms. The van der Waals surface area contributed by atoms with Gasteiger partial charge in [-0.3, -0.25) is 4.99 Å². The Balaban J connectivity index is 1.95. The molecular formula is C19H26FN3O. The van der Waals surface area contributed by atoms with Crippen molar-refractivity contribution in [3.63, 3.8) is 0 Å². The molecule has 1 aliphatic rings. The van der Waals surface area contributed by atoms with E-state index in [1.807, 2.05) is 24.1 Å². The van der Waals surface area contributed by atoms with E-state index >= 15 is 0 Å². The van der Waals surface area contributed by atoms with E-state index in [1.165, 1.54) is 5.57 Å². The number of anilines is 1. The van der Waals surface area contributed by atoms with Gasteiger partial charge in [-0.25, -0.2) is 4.39 Å². The zero-order valence-corrected chi connectivity index (χ0v) is 14.5. The van der Waals surface area contributed by atoms with E-state index in [-0.39, 0.29) is 12.4 Å². The molecule has 1 heterocycles. The summed E-state index contributed by atoms with van der Waals surface area (Å²) >= 11 is 0. The smallest absolute Gasteiger partial charge is 0.151 e. The van der Waals surface area contributed by atoms with Crippen molar-refractivity contribution in [2.24, 2.45) is 4.99 Å². The molecular weight excluding hydrogens is 305 g/mol. The maximum atomic E-state index is 14.4. The minimum atomic E-state index is -0.322. The van der Waals surface area contributed by atoms with E-state index < -0.39 is 0 Å². The van der Waals surface area contributed by atoms with E-state index in [0.29, 0.717) is 11.3 Å². The molecule has 2 rings (SSSR count). The topological polar surface area (TPSA) is 39.1 Å². The van der Waals surface area contributed by atoms with Crippen LogP contribution < -0.4 is 4.90 Å². The molecule has 0 bridgehead atoms. The first-order valence-corrected chi connectivity index (χ1v) is 8.33. The number of benzene rings is 1. The highest BCUT2D eigenvalue weighted by atomic mass is 19.1. The van der Waals surface area contributed by atoms with E-state index in [2.05, 4.69) is 23.0 Å². The number of rotatable bonds is 8. The van der Waals surface area contributed by atoms with Crippen LogP contribution in [0.5, 0.6) is 0 Å². The Morgan fingerprint density at radius 2 is 2.12 bits per heavy atom. The molecule has 0 saturated carbocycles. The van der Waals surface area contributed by atoms with Gasteiger partial charge < -0.3 is 14.9 Å². The average molecular weight is 331 g/mol. The van der Waals surface area contributed by atoms with Gasteiger partial charge >= 0.3 is 0 Å². The predicted molar refractivity (Wildman–Crippen MR) is 98.0 cm³/mol. The molecule has 1 aliphatic heterocycles. The molecule has 130 valence electrons. The third-order valence-electron chi connectivity index (χ3n) is 4.14. The average Bonchev–Trinajstić information content (AvgIpc) is 2.85. The largest absolute Gasteiger partial charge is 0.392 e. The zero-order valence-electron chi connectivity index (χ0n) is 14.5. The molecule has 0 atom stereocenters. The summed E-state index contributed by atoms with van der Waals surface area (Å²) in [5.74, 6) is -0.322. The summed E-state index contributed by atoms with van der Waals surface area (Å²) < 4.78 is 14.4. The third kappa shape index (κ3) is 5.01. The van der Waals surface area contributed by atoms with Crippen molar-refractivity contribution in [3.8, 4) is 0 Å². The molecule has 0 unspecified atom stereocenters. The maximum absolute atomic E-state index is 14.4. The van der Waals surface area contributed by atoms with Gasteiger partial charge in [0, 0.05) is 50.6 Å². The van der Waals surface area contributed by atoms with Gasteiger partial charge in [-0.05, 0) is 26.1 Å². The minimum absolute atomic E-state index is 0.277. The molecule has 1 aromatic rings. The van der Waals surface area contributed by atoms with Crippen molar-refractivity contribution in [3.05, 3.63) is 53.5 Å². The maximum Gasteiger partial charge on any atom is 0.151 e.